The highest BCUT2D eigenvalue weighted by Crippen LogP contribution is 2.21. The van der Waals surface area contributed by atoms with Crippen LogP contribution in [0.1, 0.15) is 29.5 Å². The van der Waals surface area contributed by atoms with E-state index in [4.69, 9.17) is 5.73 Å². The van der Waals surface area contributed by atoms with Crippen LogP contribution >= 0.6 is 0 Å². The Balaban J connectivity index is 1.88. The number of hydrogen-bond donors (Lipinski definition) is 3. The predicted molar refractivity (Wildman–Crippen MR) is 86.9 cm³/mol. The summed E-state index contributed by atoms with van der Waals surface area (Å²) in [5, 5.41) is 2.76. The Bertz CT molecular complexity index is 754. The van der Waals surface area contributed by atoms with Gasteiger partial charge < -0.3 is 20.9 Å². The smallest absolute Gasteiger partial charge is 0.290 e. The molecule has 0 radical (unpaired) electrons. The molecule has 1 aromatic carbocycles. The molecule has 2 amide bonds. The van der Waals surface area contributed by atoms with E-state index < -0.39 is 6.04 Å². The van der Waals surface area contributed by atoms with E-state index in [2.05, 4.69) is 15.3 Å². The van der Waals surface area contributed by atoms with Gasteiger partial charge in [-0.25, -0.2) is 4.98 Å². The fourth-order valence-electron chi connectivity index (χ4n) is 2.99. The zero-order valence-electron chi connectivity index (χ0n) is 13.3. The number of amides is 2. The zero-order valence-corrected chi connectivity index (χ0v) is 13.3. The van der Waals surface area contributed by atoms with Crippen LogP contribution in [0, 0.1) is 6.92 Å². The lowest BCUT2D eigenvalue weighted by atomic mass is 10.1. The molecular weight excluding hydrogens is 294 g/mol. The Morgan fingerprint density at radius 2 is 2.26 bits per heavy atom. The van der Waals surface area contributed by atoms with Crippen molar-refractivity contribution < 1.29 is 9.59 Å². The molecule has 23 heavy (non-hydrogen) atoms. The minimum atomic E-state index is -0.535. The first kappa shape index (κ1) is 15.5. The van der Waals surface area contributed by atoms with Gasteiger partial charge in [-0.05, 0) is 38.0 Å². The Morgan fingerprint density at radius 1 is 1.48 bits per heavy atom. The Hall–Kier alpha value is -2.41. The Labute approximate surface area is 134 Å². The summed E-state index contributed by atoms with van der Waals surface area (Å²) < 4.78 is 0. The lowest BCUT2D eigenvalue weighted by Gasteiger charge is -2.22. The van der Waals surface area contributed by atoms with Crippen LogP contribution in [-0.4, -0.2) is 51.9 Å². The van der Waals surface area contributed by atoms with E-state index in [-0.39, 0.29) is 23.7 Å². The maximum atomic E-state index is 12.8. The van der Waals surface area contributed by atoms with Crippen molar-refractivity contribution in [3.8, 4) is 0 Å². The number of fused-ring (bicyclic) bond motifs is 1. The molecule has 2 atom stereocenters. The van der Waals surface area contributed by atoms with Crippen molar-refractivity contribution in [3.05, 3.63) is 29.6 Å². The predicted octanol–water partition coefficient (Wildman–Crippen LogP) is 0.549. The first-order valence-electron chi connectivity index (χ1n) is 7.80. The summed E-state index contributed by atoms with van der Waals surface area (Å²) in [7, 11) is 0. The Kier molecular flexibility index (Phi) is 4.04. The molecule has 7 nitrogen and oxygen atoms in total. The van der Waals surface area contributed by atoms with Crippen LogP contribution in [-0.2, 0) is 4.79 Å². The minimum absolute atomic E-state index is 0.166. The summed E-state index contributed by atoms with van der Waals surface area (Å²) in [4.78, 5) is 33.8. The van der Waals surface area contributed by atoms with Gasteiger partial charge in [0.25, 0.3) is 5.91 Å². The van der Waals surface area contributed by atoms with Gasteiger partial charge >= 0.3 is 0 Å². The van der Waals surface area contributed by atoms with E-state index >= 15 is 0 Å². The van der Waals surface area contributed by atoms with Gasteiger partial charge in [-0.2, -0.15) is 0 Å². The van der Waals surface area contributed by atoms with Gasteiger partial charge in [-0.15, -0.1) is 0 Å². The van der Waals surface area contributed by atoms with Crippen LogP contribution in [0.3, 0.4) is 0 Å². The molecule has 4 N–H and O–H groups in total. The molecule has 0 unspecified atom stereocenters. The highest BCUT2D eigenvalue weighted by Gasteiger charge is 2.39. The first-order valence-corrected chi connectivity index (χ1v) is 7.80. The van der Waals surface area contributed by atoms with Crippen LogP contribution in [0.5, 0.6) is 0 Å². The highest BCUT2D eigenvalue weighted by atomic mass is 16.2. The van der Waals surface area contributed by atoms with Crippen LogP contribution < -0.4 is 11.1 Å². The molecule has 1 aliphatic heterocycles. The highest BCUT2D eigenvalue weighted by molar-refractivity contribution is 5.97. The average molecular weight is 315 g/mol. The van der Waals surface area contributed by atoms with Gasteiger partial charge in [0.15, 0.2) is 5.82 Å². The second-order valence-electron chi connectivity index (χ2n) is 5.97. The number of nitrogens with one attached hydrogen (secondary N) is 2. The number of aromatic amines is 1. The fraction of sp³-hybridized carbons (Fsp3) is 0.438. The third kappa shape index (κ3) is 2.92. The summed E-state index contributed by atoms with van der Waals surface area (Å²) in [6.07, 6.45) is 0.469. The molecule has 122 valence electrons. The van der Waals surface area contributed by atoms with Gasteiger partial charge in [-0.1, -0.05) is 6.07 Å². The van der Waals surface area contributed by atoms with Crippen molar-refractivity contribution in [2.75, 3.05) is 13.1 Å². The van der Waals surface area contributed by atoms with Crippen LogP contribution in [0.4, 0.5) is 0 Å². The molecule has 3 rings (SSSR count). The topological polar surface area (TPSA) is 104 Å². The number of benzene rings is 1. The largest absolute Gasteiger partial charge is 0.355 e. The number of likely N-dealkylation sites (N-methyl/N-ethyl adjacent to an activating group) is 1. The SMILES string of the molecule is CCNC(=O)[C@@H]1C[C@@H](N)CN1C(=O)c1nc2ccc(C)cc2[nH]1. The third-order valence-electron chi connectivity index (χ3n) is 4.09. The maximum Gasteiger partial charge on any atom is 0.290 e. The molecule has 1 fully saturated rings. The number of H-pyrrole nitrogens is 1. The molecule has 2 aromatic rings. The molecule has 7 heteroatoms. The molecule has 0 saturated carbocycles. The van der Waals surface area contributed by atoms with E-state index in [1.54, 1.807) is 0 Å². The minimum Gasteiger partial charge on any atom is -0.355 e. The van der Waals surface area contributed by atoms with Gasteiger partial charge in [-0.3, -0.25) is 9.59 Å². The van der Waals surface area contributed by atoms with Crippen LogP contribution in [0.15, 0.2) is 18.2 Å². The molecule has 1 saturated heterocycles. The molecule has 2 heterocycles. The van der Waals surface area contributed by atoms with E-state index in [9.17, 15) is 9.59 Å². The lowest BCUT2D eigenvalue weighted by molar-refractivity contribution is -0.124. The molecule has 0 aliphatic carbocycles. The summed E-state index contributed by atoms with van der Waals surface area (Å²) >= 11 is 0. The van der Waals surface area contributed by atoms with Gasteiger partial charge in [0.05, 0.1) is 11.0 Å². The number of aromatic nitrogens is 2. The number of nitrogens with zero attached hydrogens (tertiary/aromatic N) is 2. The van der Waals surface area contributed by atoms with Crippen LogP contribution in [0.25, 0.3) is 11.0 Å². The third-order valence-corrected chi connectivity index (χ3v) is 4.09. The summed E-state index contributed by atoms with van der Waals surface area (Å²) in [5.74, 6) is -0.210. The number of carbonyl (C=O) groups is 2. The van der Waals surface area contributed by atoms with Crippen LogP contribution in [0.2, 0.25) is 0 Å². The number of hydrogen-bond acceptors (Lipinski definition) is 4. The normalized spacial score (nSPS) is 20.9. The number of carbonyl (C=O) groups excluding carboxylic acids is 2. The second kappa shape index (κ2) is 6.00. The van der Waals surface area contributed by atoms with Gasteiger partial charge in [0, 0.05) is 19.1 Å². The number of nitrogens with two attached hydrogens (primary N) is 1. The number of rotatable bonds is 3. The fourth-order valence-corrected chi connectivity index (χ4v) is 2.99. The van der Waals surface area contributed by atoms with E-state index in [1.807, 2.05) is 32.0 Å². The molecule has 1 aromatic heterocycles. The standard InChI is InChI=1S/C16H21N5O2/c1-3-18-15(22)13-7-10(17)8-21(13)16(23)14-19-11-5-4-9(2)6-12(11)20-14/h4-6,10,13H,3,7-8,17H2,1-2H3,(H,18,22)(H,19,20)/t10-,13+/m1/s1. The summed E-state index contributed by atoms with van der Waals surface area (Å²) in [5.41, 5.74) is 8.59. The van der Waals surface area contributed by atoms with Crippen molar-refractivity contribution in [1.82, 2.24) is 20.2 Å². The number of imidazole rings is 1. The van der Waals surface area contributed by atoms with E-state index in [1.165, 1.54) is 4.90 Å². The zero-order chi connectivity index (χ0) is 16.6. The summed E-state index contributed by atoms with van der Waals surface area (Å²) in [6.45, 7) is 4.71. The van der Waals surface area contributed by atoms with Crippen molar-refractivity contribution in [2.45, 2.75) is 32.4 Å². The average Bonchev–Trinajstić information content (AvgIpc) is 3.09. The van der Waals surface area contributed by atoms with Gasteiger partial charge in [0.2, 0.25) is 5.91 Å². The molecule has 1 aliphatic rings. The van der Waals surface area contributed by atoms with E-state index in [0.717, 1.165) is 16.6 Å². The number of aryl methyl sites for hydroxylation is 1. The second-order valence-corrected chi connectivity index (χ2v) is 5.97. The monoisotopic (exact) mass is 315 g/mol. The van der Waals surface area contributed by atoms with E-state index in [0.29, 0.717) is 19.5 Å². The van der Waals surface area contributed by atoms with Crippen molar-refractivity contribution in [1.29, 1.82) is 0 Å². The van der Waals surface area contributed by atoms with Crippen molar-refractivity contribution in [3.63, 3.8) is 0 Å². The van der Waals surface area contributed by atoms with Crippen molar-refractivity contribution in [2.24, 2.45) is 5.73 Å². The molecule has 0 bridgehead atoms. The lowest BCUT2D eigenvalue weighted by Crippen LogP contribution is -2.46. The summed E-state index contributed by atoms with van der Waals surface area (Å²) in [6, 6.07) is 5.02. The molecular formula is C16H21N5O2. The quantitative estimate of drug-likeness (QED) is 0.769. The van der Waals surface area contributed by atoms with Gasteiger partial charge in [0.1, 0.15) is 6.04 Å². The van der Waals surface area contributed by atoms with Crippen molar-refractivity contribution >= 4 is 22.8 Å². The first-order chi connectivity index (χ1) is 11.0. The maximum absolute atomic E-state index is 12.8. The number of likely N-dealkylation sites (tertiary alicyclic amines) is 1. The molecule has 0 spiro atoms. The Morgan fingerprint density at radius 3 is 3.00 bits per heavy atom.